The van der Waals surface area contributed by atoms with E-state index >= 15 is 0 Å². The molecule has 0 heterocycles. The molecule has 3 aliphatic carbocycles. The van der Waals surface area contributed by atoms with Crippen LogP contribution in [0.1, 0.15) is 60.2 Å². The summed E-state index contributed by atoms with van der Waals surface area (Å²) < 4.78 is 12.1. The van der Waals surface area contributed by atoms with Gasteiger partial charge >= 0.3 is 11.9 Å². The molecule has 0 saturated heterocycles. The molecule has 3 fully saturated rings. The van der Waals surface area contributed by atoms with Gasteiger partial charge in [-0.15, -0.1) is 0 Å². The molecule has 4 nitrogen and oxygen atoms in total. The highest BCUT2D eigenvalue weighted by Gasteiger charge is 2.68. The number of hydrogen-bond acceptors (Lipinski definition) is 4. The normalized spacial score (nSPS) is 36.3. The molecule has 3 saturated carbocycles. The highest BCUT2D eigenvalue weighted by molar-refractivity contribution is 5.90. The predicted octanol–water partition coefficient (Wildman–Crippen LogP) is 5.28. The van der Waals surface area contributed by atoms with Gasteiger partial charge < -0.3 is 9.47 Å². The Bertz CT molecular complexity index is 956. The topological polar surface area (TPSA) is 52.6 Å². The predicted molar refractivity (Wildman–Crippen MR) is 113 cm³/mol. The Labute approximate surface area is 177 Å². The second-order valence-electron chi connectivity index (χ2n) is 9.90. The van der Waals surface area contributed by atoms with E-state index in [4.69, 9.17) is 9.47 Å². The molecule has 2 aromatic rings. The number of fused-ring (bicyclic) bond motifs is 5. The first kappa shape index (κ1) is 19.3. The summed E-state index contributed by atoms with van der Waals surface area (Å²) in [6, 6.07) is 18.1. The summed E-state index contributed by atoms with van der Waals surface area (Å²) in [5, 5.41) is 0. The third kappa shape index (κ3) is 3.05. The van der Waals surface area contributed by atoms with Gasteiger partial charge in [0.25, 0.3) is 0 Å². The zero-order valence-corrected chi connectivity index (χ0v) is 17.5. The van der Waals surface area contributed by atoms with Gasteiger partial charge in [0.15, 0.2) is 0 Å². The lowest BCUT2D eigenvalue weighted by atomic mass is 9.69. The van der Waals surface area contributed by atoms with Crippen molar-refractivity contribution in [1.29, 1.82) is 0 Å². The minimum Gasteiger partial charge on any atom is -0.455 e. The summed E-state index contributed by atoms with van der Waals surface area (Å²) in [7, 11) is 0. The fraction of sp³-hybridized carbons (Fsp3) is 0.462. The van der Waals surface area contributed by atoms with Crippen LogP contribution in [0, 0.1) is 22.7 Å². The molecule has 2 aromatic carbocycles. The van der Waals surface area contributed by atoms with E-state index in [9.17, 15) is 9.59 Å². The highest BCUT2D eigenvalue weighted by atomic mass is 16.6. The maximum atomic E-state index is 12.9. The van der Waals surface area contributed by atoms with Crippen LogP contribution < -0.4 is 0 Å². The minimum absolute atomic E-state index is 0.134. The van der Waals surface area contributed by atoms with Crippen LogP contribution in [0.4, 0.5) is 0 Å². The van der Waals surface area contributed by atoms with Crippen molar-refractivity contribution in [3.8, 4) is 0 Å². The molecule has 3 aliphatic rings. The van der Waals surface area contributed by atoms with Gasteiger partial charge in [0.2, 0.25) is 0 Å². The van der Waals surface area contributed by atoms with E-state index in [1.54, 1.807) is 24.3 Å². The largest absolute Gasteiger partial charge is 0.455 e. The van der Waals surface area contributed by atoms with Gasteiger partial charge in [-0.05, 0) is 66.7 Å². The number of carbonyl (C=O) groups excluding carboxylic acids is 2. The molecule has 0 aliphatic heterocycles. The Morgan fingerprint density at radius 2 is 1.33 bits per heavy atom. The number of benzene rings is 2. The molecular formula is C26H28O4. The Kier molecular flexibility index (Phi) is 4.49. The van der Waals surface area contributed by atoms with Crippen LogP contribution in [0.2, 0.25) is 0 Å². The van der Waals surface area contributed by atoms with Crippen molar-refractivity contribution in [3.05, 3.63) is 71.8 Å². The molecule has 0 aromatic heterocycles. The zero-order valence-electron chi connectivity index (χ0n) is 17.5. The minimum atomic E-state index is -0.405. The molecule has 4 heteroatoms. The van der Waals surface area contributed by atoms with Crippen molar-refractivity contribution < 1.29 is 19.1 Å². The average Bonchev–Trinajstić information content (AvgIpc) is 3.35. The van der Waals surface area contributed by atoms with E-state index in [-0.39, 0.29) is 28.7 Å². The van der Waals surface area contributed by atoms with Crippen LogP contribution >= 0.6 is 0 Å². The van der Waals surface area contributed by atoms with Gasteiger partial charge in [-0.3, -0.25) is 0 Å². The third-order valence-corrected chi connectivity index (χ3v) is 7.94. The smallest absolute Gasteiger partial charge is 0.338 e. The second-order valence-corrected chi connectivity index (χ2v) is 9.90. The van der Waals surface area contributed by atoms with Crippen LogP contribution in [0.15, 0.2) is 60.7 Å². The average molecular weight is 405 g/mol. The maximum absolute atomic E-state index is 12.9. The Hall–Kier alpha value is -2.62. The van der Waals surface area contributed by atoms with E-state index in [1.165, 1.54) is 6.42 Å². The summed E-state index contributed by atoms with van der Waals surface area (Å²) in [5.41, 5.74) is 1.44. The number of esters is 2. The van der Waals surface area contributed by atoms with Gasteiger partial charge in [0, 0.05) is 5.92 Å². The molecule has 0 radical (unpaired) electrons. The first-order valence-electron chi connectivity index (χ1n) is 10.9. The van der Waals surface area contributed by atoms with Gasteiger partial charge in [-0.25, -0.2) is 9.59 Å². The van der Waals surface area contributed by atoms with Crippen molar-refractivity contribution in [1.82, 2.24) is 0 Å². The molecule has 6 atom stereocenters. The monoisotopic (exact) mass is 404 g/mol. The zero-order chi connectivity index (χ0) is 20.9. The Balaban J connectivity index is 1.43. The number of hydrogen-bond donors (Lipinski definition) is 0. The Morgan fingerprint density at radius 1 is 0.800 bits per heavy atom. The Morgan fingerprint density at radius 3 is 1.93 bits per heavy atom. The maximum Gasteiger partial charge on any atom is 0.338 e. The third-order valence-electron chi connectivity index (χ3n) is 7.94. The van der Waals surface area contributed by atoms with E-state index in [1.807, 2.05) is 36.4 Å². The fourth-order valence-electron chi connectivity index (χ4n) is 6.67. The van der Waals surface area contributed by atoms with E-state index < -0.39 is 12.2 Å². The fourth-order valence-corrected chi connectivity index (χ4v) is 6.67. The molecule has 0 N–H and O–H groups in total. The van der Waals surface area contributed by atoms with Crippen molar-refractivity contribution in [3.63, 3.8) is 0 Å². The van der Waals surface area contributed by atoms with Gasteiger partial charge in [-0.1, -0.05) is 50.2 Å². The standard InChI is InChI=1S/C26H28O4/c1-25-13-14-26(2,16-25)21-19(25)15-20(29-23(27)17-9-5-3-6-10-17)22(21)30-24(28)18-11-7-4-8-12-18/h3-12,19-22H,13-16H2,1-2H3. The lowest BCUT2D eigenvalue weighted by molar-refractivity contribution is -0.0524. The SMILES string of the molecule is CC12CCC(C)(C1)C1C(OC(=O)c3ccccc3)C(OC(=O)c3ccccc3)CC12. The van der Waals surface area contributed by atoms with Crippen molar-refractivity contribution in [2.75, 3.05) is 0 Å². The van der Waals surface area contributed by atoms with Crippen LogP contribution in [0.5, 0.6) is 0 Å². The van der Waals surface area contributed by atoms with Crippen molar-refractivity contribution in [2.24, 2.45) is 22.7 Å². The summed E-state index contributed by atoms with van der Waals surface area (Å²) in [4.78, 5) is 25.7. The molecular weight excluding hydrogens is 376 g/mol. The van der Waals surface area contributed by atoms with Crippen LogP contribution in [-0.2, 0) is 9.47 Å². The van der Waals surface area contributed by atoms with Gasteiger partial charge in [0.1, 0.15) is 12.2 Å². The van der Waals surface area contributed by atoms with Crippen molar-refractivity contribution >= 4 is 11.9 Å². The molecule has 6 unspecified atom stereocenters. The lowest BCUT2D eigenvalue weighted by Gasteiger charge is -2.38. The molecule has 0 amide bonds. The summed E-state index contributed by atoms with van der Waals surface area (Å²) in [5.74, 6) is -0.0293. The molecule has 30 heavy (non-hydrogen) atoms. The summed E-state index contributed by atoms with van der Waals surface area (Å²) >= 11 is 0. The lowest BCUT2D eigenvalue weighted by Crippen LogP contribution is -2.41. The van der Waals surface area contributed by atoms with Crippen molar-refractivity contribution in [2.45, 2.75) is 51.7 Å². The van der Waals surface area contributed by atoms with E-state index in [0.717, 1.165) is 19.3 Å². The summed E-state index contributed by atoms with van der Waals surface area (Å²) in [6.07, 6.45) is 3.46. The number of carbonyl (C=O) groups is 2. The molecule has 2 bridgehead atoms. The number of rotatable bonds is 4. The van der Waals surface area contributed by atoms with Gasteiger partial charge in [0.05, 0.1) is 11.1 Å². The first-order valence-corrected chi connectivity index (χ1v) is 10.9. The van der Waals surface area contributed by atoms with Crippen LogP contribution in [-0.4, -0.2) is 24.1 Å². The number of ether oxygens (including phenoxy) is 2. The van der Waals surface area contributed by atoms with Crippen LogP contribution in [0.25, 0.3) is 0 Å². The molecule has 5 rings (SSSR count). The van der Waals surface area contributed by atoms with Gasteiger partial charge in [-0.2, -0.15) is 0 Å². The van der Waals surface area contributed by atoms with E-state index in [2.05, 4.69) is 13.8 Å². The second kappa shape index (κ2) is 6.97. The molecule has 156 valence electrons. The molecule has 0 spiro atoms. The highest BCUT2D eigenvalue weighted by Crippen LogP contribution is 2.71. The van der Waals surface area contributed by atoms with E-state index in [0.29, 0.717) is 17.0 Å². The summed E-state index contributed by atoms with van der Waals surface area (Å²) in [6.45, 7) is 4.69. The van der Waals surface area contributed by atoms with Crippen LogP contribution in [0.3, 0.4) is 0 Å². The quantitative estimate of drug-likeness (QED) is 0.650. The first-order chi connectivity index (χ1) is 14.4.